The summed E-state index contributed by atoms with van der Waals surface area (Å²) in [6, 6.07) is 18.2. The normalized spacial score (nSPS) is 21.0. The Bertz CT molecular complexity index is 704. The molecule has 0 bridgehead atoms. The maximum absolute atomic E-state index is 12.1. The summed E-state index contributed by atoms with van der Waals surface area (Å²) >= 11 is 12.4. The van der Waals surface area contributed by atoms with Gasteiger partial charge in [-0.25, -0.2) is 9.79 Å². The molecule has 2 aromatic rings. The van der Waals surface area contributed by atoms with Gasteiger partial charge in [-0.3, -0.25) is 5.32 Å². The van der Waals surface area contributed by atoms with Crippen LogP contribution in [0.4, 0.5) is 4.79 Å². The lowest BCUT2D eigenvalue weighted by atomic mass is 10.0. The molecule has 2 aromatic carbocycles. The van der Waals surface area contributed by atoms with Crippen molar-refractivity contribution in [1.82, 2.24) is 10.6 Å². The Morgan fingerprint density at radius 1 is 0.955 bits per heavy atom. The van der Waals surface area contributed by atoms with E-state index in [9.17, 15) is 4.79 Å². The molecule has 2 amide bonds. The van der Waals surface area contributed by atoms with E-state index < -0.39 is 16.5 Å². The number of nitrogens with zero attached hydrogens (tertiary/aromatic N) is 1. The number of hydrogen-bond donors (Lipinski definition) is 2. The van der Waals surface area contributed by atoms with E-state index in [0.29, 0.717) is 11.4 Å². The van der Waals surface area contributed by atoms with Gasteiger partial charge in [0.25, 0.3) is 0 Å². The summed E-state index contributed by atoms with van der Waals surface area (Å²) < 4.78 is 0. The van der Waals surface area contributed by atoms with Crippen molar-refractivity contribution in [3.05, 3.63) is 71.8 Å². The van der Waals surface area contributed by atoms with Gasteiger partial charge in [-0.05, 0) is 0 Å². The minimum absolute atomic E-state index is 0.399. The second kappa shape index (κ2) is 5.99. The maximum atomic E-state index is 12.1. The highest BCUT2D eigenvalue weighted by atomic mass is 35.5. The molecule has 1 aliphatic rings. The Hall–Kier alpha value is -2.04. The molecule has 0 fully saturated rings. The lowest BCUT2D eigenvalue weighted by Crippen LogP contribution is -2.58. The first-order valence-electron chi connectivity index (χ1n) is 6.70. The molecule has 2 N–H and O–H groups in total. The van der Waals surface area contributed by atoms with Crippen LogP contribution < -0.4 is 10.6 Å². The van der Waals surface area contributed by atoms with Gasteiger partial charge < -0.3 is 5.32 Å². The highest BCUT2D eigenvalue weighted by Crippen LogP contribution is 2.34. The zero-order valence-corrected chi connectivity index (χ0v) is 13.0. The fourth-order valence-electron chi connectivity index (χ4n) is 2.34. The highest BCUT2D eigenvalue weighted by molar-refractivity contribution is 6.45. The van der Waals surface area contributed by atoms with Gasteiger partial charge in [0.1, 0.15) is 5.84 Å². The van der Waals surface area contributed by atoms with Crippen molar-refractivity contribution in [2.45, 2.75) is 10.5 Å². The first-order valence-corrected chi connectivity index (χ1v) is 7.57. The fourth-order valence-corrected chi connectivity index (χ4v) is 2.79. The number of aliphatic imine (C=N–C) groups is 1. The topological polar surface area (TPSA) is 53.5 Å². The zero-order valence-electron chi connectivity index (χ0n) is 11.5. The van der Waals surface area contributed by atoms with Crippen molar-refractivity contribution in [2.24, 2.45) is 4.99 Å². The van der Waals surface area contributed by atoms with Crippen LogP contribution in [0, 0.1) is 0 Å². The highest BCUT2D eigenvalue weighted by Gasteiger charge is 2.43. The minimum atomic E-state index is -1.22. The van der Waals surface area contributed by atoms with Crippen LogP contribution in [-0.2, 0) is 5.66 Å². The summed E-state index contributed by atoms with van der Waals surface area (Å²) in [5, 5.41) is 5.44. The molecular weight excluding hydrogens is 321 g/mol. The predicted octanol–water partition coefficient (Wildman–Crippen LogP) is 3.40. The van der Waals surface area contributed by atoms with Gasteiger partial charge in [-0.1, -0.05) is 60.7 Å². The van der Waals surface area contributed by atoms with Crippen LogP contribution in [0.5, 0.6) is 0 Å². The monoisotopic (exact) mass is 333 g/mol. The van der Waals surface area contributed by atoms with Crippen LogP contribution in [0.15, 0.2) is 65.7 Å². The average Bonchev–Trinajstić information content (AvgIpc) is 2.55. The van der Waals surface area contributed by atoms with Gasteiger partial charge in [-0.2, -0.15) is 0 Å². The molecule has 0 aliphatic carbocycles. The van der Waals surface area contributed by atoms with Crippen LogP contribution in [0.1, 0.15) is 11.1 Å². The number of benzene rings is 2. The molecule has 3 rings (SSSR count). The van der Waals surface area contributed by atoms with E-state index in [2.05, 4.69) is 15.6 Å². The number of nitrogens with one attached hydrogen (secondary N) is 2. The number of hydrogen-bond acceptors (Lipinski definition) is 2. The molecule has 0 unspecified atom stereocenters. The molecule has 4 nitrogen and oxygen atoms in total. The van der Waals surface area contributed by atoms with E-state index in [0.717, 1.165) is 5.56 Å². The molecule has 1 atom stereocenters. The molecule has 0 aromatic heterocycles. The SMILES string of the molecule is O=C1NC(c2ccccc2)=N[C@](c2ccccc2)(C(Cl)Cl)N1. The predicted molar refractivity (Wildman–Crippen MR) is 88.3 cm³/mol. The summed E-state index contributed by atoms with van der Waals surface area (Å²) in [4.78, 5) is 15.8. The average molecular weight is 334 g/mol. The van der Waals surface area contributed by atoms with Crippen LogP contribution in [0.3, 0.4) is 0 Å². The Kier molecular flexibility index (Phi) is 4.05. The second-order valence-corrected chi connectivity index (χ2v) is 5.93. The van der Waals surface area contributed by atoms with Gasteiger partial charge in [0, 0.05) is 11.1 Å². The standard InChI is InChI=1S/C16H13Cl2N3O/c17-14(18)16(12-9-5-2-6-10-12)20-13(19-15(22)21-16)11-7-3-1-4-8-11/h1-10,14H,(H2,19,20,21,22)/t16-/m0/s1. The third-order valence-electron chi connectivity index (χ3n) is 3.40. The summed E-state index contributed by atoms with van der Waals surface area (Å²) in [6.07, 6.45) is 0. The smallest absolute Gasteiger partial charge is 0.307 e. The Morgan fingerprint density at radius 2 is 1.55 bits per heavy atom. The molecular formula is C16H13Cl2N3O. The van der Waals surface area contributed by atoms with Crippen LogP contribution >= 0.6 is 23.2 Å². The third kappa shape index (κ3) is 2.67. The van der Waals surface area contributed by atoms with Gasteiger partial charge in [0.2, 0.25) is 0 Å². The number of amidine groups is 1. The lowest BCUT2D eigenvalue weighted by Gasteiger charge is -2.36. The van der Waals surface area contributed by atoms with E-state index in [1.54, 1.807) is 0 Å². The number of amides is 2. The van der Waals surface area contributed by atoms with Crippen molar-refractivity contribution >= 4 is 35.1 Å². The number of carbonyl (C=O) groups is 1. The molecule has 1 aliphatic heterocycles. The second-order valence-electron chi connectivity index (χ2n) is 4.84. The molecule has 112 valence electrons. The number of alkyl halides is 2. The Morgan fingerprint density at radius 3 is 2.14 bits per heavy atom. The van der Waals surface area contributed by atoms with Gasteiger partial charge >= 0.3 is 6.03 Å². The Balaban J connectivity index is 2.15. The van der Waals surface area contributed by atoms with Crippen molar-refractivity contribution in [2.75, 3.05) is 0 Å². The van der Waals surface area contributed by atoms with E-state index in [1.807, 2.05) is 60.7 Å². The summed E-state index contributed by atoms with van der Waals surface area (Å²) in [7, 11) is 0. The van der Waals surface area contributed by atoms with Gasteiger partial charge in [0.05, 0.1) is 0 Å². The summed E-state index contributed by atoms with van der Waals surface area (Å²) in [5.41, 5.74) is 0.276. The fraction of sp³-hybridized carbons (Fsp3) is 0.125. The molecule has 0 radical (unpaired) electrons. The van der Waals surface area contributed by atoms with Crippen LogP contribution in [0.2, 0.25) is 0 Å². The molecule has 0 spiro atoms. The lowest BCUT2D eigenvalue weighted by molar-refractivity contribution is 0.228. The molecule has 0 saturated carbocycles. The molecule has 6 heteroatoms. The third-order valence-corrected chi connectivity index (χ3v) is 4.03. The number of carbonyl (C=O) groups excluding carboxylic acids is 1. The van der Waals surface area contributed by atoms with E-state index in [4.69, 9.17) is 23.2 Å². The quantitative estimate of drug-likeness (QED) is 0.831. The zero-order chi connectivity index (χ0) is 15.6. The Labute approximate surface area is 138 Å². The van der Waals surface area contributed by atoms with Crippen LogP contribution in [-0.4, -0.2) is 16.7 Å². The maximum Gasteiger partial charge on any atom is 0.322 e. The largest absolute Gasteiger partial charge is 0.322 e. The molecule has 0 saturated heterocycles. The molecule has 22 heavy (non-hydrogen) atoms. The number of halogens is 2. The van der Waals surface area contributed by atoms with Crippen LogP contribution in [0.25, 0.3) is 0 Å². The van der Waals surface area contributed by atoms with E-state index >= 15 is 0 Å². The van der Waals surface area contributed by atoms with E-state index in [1.165, 1.54) is 0 Å². The van der Waals surface area contributed by atoms with Crippen molar-refractivity contribution in [3.8, 4) is 0 Å². The number of urea groups is 1. The summed E-state index contributed by atoms with van der Waals surface area (Å²) in [6.45, 7) is 0. The molecule has 1 heterocycles. The van der Waals surface area contributed by atoms with Gasteiger partial charge in [-0.15, -0.1) is 23.2 Å². The van der Waals surface area contributed by atoms with Crippen molar-refractivity contribution < 1.29 is 4.79 Å². The minimum Gasteiger partial charge on any atom is -0.307 e. The van der Waals surface area contributed by atoms with Crippen molar-refractivity contribution in [3.63, 3.8) is 0 Å². The number of rotatable bonds is 3. The van der Waals surface area contributed by atoms with E-state index in [-0.39, 0.29) is 0 Å². The van der Waals surface area contributed by atoms with Crippen molar-refractivity contribution in [1.29, 1.82) is 0 Å². The van der Waals surface area contributed by atoms with Gasteiger partial charge in [0.15, 0.2) is 10.5 Å². The summed E-state index contributed by atoms with van der Waals surface area (Å²) in [5.74, 6) is 0.430. The first-order chi connectivity index (χ1) is 10.6. The first kappa shape index (κ1) is 14.9.